The molecule has 0 aliphatic carbocycles. The Kier molecular flexibility index (Phi) is 8.33. The van der Waals surface area contributed by atoms with Crippen LogP contribution in [0.2, 0.25) is 0 Å². The molecule has 0 aliphatic heterocycles. The van der Waals surface area contributed by atoms with Gasteiger partial charge in [0.15, 0.2) is 6.61 Å². The third-order valence-corrected chi connectivity index (χ3v) is 4.24. The van der Waals surface area contributed by atoms with E-state index >= 15 is 0 Å². The number of carbonyl (C=O) groups excluding carboxylic acids is 3. The second-order valence-electron chi connectivity index (χ2n) is 6.90. The molecule has 0 saturated heterocycles. The molecule has 29 heavy (non-hydrogen) atoms. The molecule has 0 saturated carbocycles. The second kappa shape index (κ2) is 10.9. The molecule has 2 aromatic rings. The smallest absolute Gasteiger partial charge is 0.329 e. The van der Waals surface area contributed by atoms with Gasteiger partial charge in [0.2, 0.25) is 0 Å². The van der Waals surface area contributed by atoms with E-state index in [1.54, 1.807) is 56.3 Å². The Morgan fingerprint density at radius 3 is 2.28 bits per heavy atom. The maximum absolute atomic E-state index is 12.9. The Balaban J connectivity index is 1.77. The van der Waals surface area contributed by atoms with Gasteiger partial charge >= 0.3 is 5.97 Å². The summed E-state index contributed by atoms with van der Waals surface area (Å²) in [5.41, 5.74) is 1.32. The topological polar surface area (TPSA) is 84.5 Å². The van der Waals surface area contributed by atoms with Crippen LogP contribution in [0, 0.1) is 11.7 Å². The van der Waals surface area contributed by atoms with Crippen molar-refractivity contribution >= 4 is 17.8 Å². The van der Waals surface area contributed by atoms with Gasteiger partial charge in [0.05, 0.1) is 0 Å². The van der Waals surface area contributed by atoms with Crippen LogP contribution < -0.4 is 10.6 Å². The van der Waals surface area contributed by atoms with Crippen molar-refractivity contribution in [2.75, 3.05) is 13.2 Å². The van der Waals surface area contributed by atoms with Crippen LogP contribution in [-0.4, -0.2) is 37.0 Å². The third-order valence-electron chi connectivity index (χ3n) is 4.24. The maximum Gasteiger partial charge on any atom is 0.329 e. The Labute approximate surface area is 169 Å². The molecule has 2 aromatic carbocycles. The molecule has 0 heterocycles. The Bertz CT molecular complexity index is 822. The van der Waals surface area contributed by atoms with Crippen LogP contribution in [0.25, 0.3) is 0 Å². The van der Waals surface area contributed by atoms with Crippen LogP contribution in [0.1, 0.15) is 29.8 Å². The van der Waals surface area contributed by atoms with Gasteiger partial charge in [-0.3, -0.25) is 9.59 Å². The molecule has 2 amide bonds. The first-order chi connectivity index (χ1) is 13.9. The van der Waals surface area contributed by atoms with Crippen LogP contribution in [0.15, 0.2) is 54.6 Å². The minimum atomic E-state index is -0.866. The van der Waals surface area contributed by atoms with Gasteiger partial charge in [-0.15, -0.1) is 0 Å². The highest BCUT2D eigenvalue weighted by Crippen LogP contribution is 2.07. The number of halogens is 1. The number of ether oxygens (including phenoxy) is 1. The number of esters is 1. The van der Waals surface area contributed by atoms with Crippen LogP contribution >= 0.6 is 0 Å². The molecule has 154 valence electrons. The van der Waals surface area contributed by atoms with E-state index in [0.29, 0.717) is 18.5 Å². The first-order valence-electron chi connectivity index (χ1n) is 9.40. The average molecular weight is 400 g/mol. The van der Waals surface area contributed by atoms with Crippen LogP contribution in [0.3, 0.4) is 0 Å². The van der Waals surface area contributed by atoms with E-state index in [9.17, 15) is 18.8 Å². The fourth-order valence-corrected chi connectivity index (χ4v) is 2.59. The second-order valence-corrected chi connectivity index (χ2v) is 6.90. The minimum absolute atomic E-state index is 0.211. The number of rotatable bonds is 9. The molecule has 2 rings (SSSR count). The monoisotopic (exact) mass is 400 g/mol. The van der Waals surface area contributed by atoms with Crippen molar-refractivity contribution < 1.29 is 23.5 Å². The van der Waals surface area contributed by atoms with E-state index in [1.165, 1.54) is 12.1 Å². The zero-order chi connectivity index (χ0) is 21.2. The number of benzene rings is 2. The predicted molar refractivity (Wildman–Crippen MR) is 107 cm³/mol. The van der Waals surface area contributed by atoms with E-state index in [-0.39, 0.29) is 17.6 Å². The van der Waals surface area contributed by atoms with E-state index < -0.39 is 24.5 Å². The Morgan fingerprint density at radius 2 is 1.66 bits per heavy atom. The number of amides is 2. The van der Waals surface area contributed by atoms with Crippen LogP contribution in [-0.2, 0) is 20.7 Å². The van der Waals surface area contributed by atoms with Crippen molar-refractivity contribution in [3.63, 3.8) is 0 Å². The fraction of sp³-hybridized carbons (Fsp3) is 0.318. The summed E-state index contributed by atoms with van der Waals surface area (Å²) in [6.45, 7) is 3.45. The van der Waals surface area contributed by atoms with Crippen molar-refractivity contribution in [1.82, 2.24) is 10.6 Å². The third kappa shape index (κ3) is 7.37. The van der Waals surface area contributed by atoms with Gasteiger partial charge in [0.25, 0.3) is 11.8 Å². The summed E-state index contributed by atoms with van der Waals surface area (Å²) in [6, 6.07) is 13.7. The first kappa shape index (κ1) is 22.1. The largest absolute Gasteiger partial charge is 0.454 e. The van der Waals surface area contributed by atoms with Crippen LogP contribution in [0.5, 0.6) is 0 Å². The zero-order valence-electron chi connectivity index (χ0n) is 16.5. The average Bonchev–Trinajstić information content (AvgIpc) is 2.72. The van der Waals surface area contributed by atoms with Gasteiger partial charge in [-0.05, 0) is 42.2 Å². The van der Waals surface area contributed by atoms with Crippen molar-refractivity contribution in [3.8, 4) is 0 Å². The summed E-state index contributed by atoms with van der Waals surface area (Å²) in [4.78, 5) is 36.5. The van der Waals surface area contributed by atoms with Gasteiger partial charge in [-0.1, -0.05) is 44.2 Å². The molecule has 0 unspecified atom stereocenters. The molecule has 7 heteroatoms. The van der Waals surface area contributed by atoms with Gasteiger partial charge in [-0.25, -0.2) is 9.18 Å². The molecule has 0 aromatic heterocycles. The van der Waals surface area contributed by atoms with Crippen molar-refractivity contribution in [2.24, 2.45) is 5.92 Å². The number of hydrogen-bond donors (Lipinski definition) is 2. The molecular formula is C22H25FN2O4. The number of nitrogens with one attached hydrogen (secondary N) is 2. The lowest BCUT2D eigenvalue weighted by Gasteiger charge is -2.20. The van der Waals surface area contributed by atoms with Gasteiger partial charge in [0.1, 0.15) is 11.9 Å². The molecule has 0 radical (unpaired) electrons. The molecule has 0 bridgehead atoms. The molecule has 2 N–H and O–H groups in total. The molecular weight excluding hydrogens is 375 g/mol. The lowest BCUT2D eigenvalue weighted by Crippen LogP contribution is -2.46. The summed E-state index contributed by atoms with van der Waals surface area (Å²) in [5.74, 6) is -2.03. The highest BCUT2D eigenvalue weighted by molar-refractivity contribution is 5.97. The summed E-state index contributed by atoms with van der Waals surface area (Å²) in [5, 5.41) is 5.29. The summed E-state index contributed by atoms with van der Waals surface area (Å²) < 4.78 is 17.9. The molecule has 0 aliphatic rings. The lowest BCUT2D eigenvalue weighted by atomic mass is 10.0. The quantitative estimate of drug-likeness (QED) is 0.634. The van der Waals surface area contributed by atoms with Crippen molar-refractivity contribution in [2.45, 2.75) is 26.3 Å². The SMILES string of the molecule is CC(C)[C@@H](NC(=O)c1ccccc1)C(=O)OCC(=O)NCCc1ccc(F)cc1. The summed E-state index contributed by atoms with van der Waals surface area (Å²) in [7, 11) is 0. The number of carbonyl (C=O) groups is 3. The summed E-state index contributed by atoms with van der Waals surface area (Å²) in [6.07, 6.45) is 0.529. The molecule has 1 atom stereocenters. The van der Waals surface area contributed by atoms with E-state index in [2.05, 4.69) is 10.6 Å². The Hall–Kier alpha value is -3.22. The van der Waals surface area contributed by atoms with E-state index in [4.69, 9.17) is 4.74 Å². The van der Waals surface area contributed by atoms with Crippen LogP contribution in [0.4, 0.5) is 4.39 Å². The van der Waals surface area contributed by atoms with Crippen molar-refractivity contribution in [1.29, 1.82) is 0 Å². The highest BCUT2D eigenvalue weighted by Gasteiger charge is 2.26. The zero-order valence-corrected chi connectivity index (χ0v) is 16.5. The van der Waals surface area contributed by atoms with E-state index in [1.807, 2.05) is 0 Å². The lowest BCUT2D eigenvalue weighted by molar-refractivity contribution is -0.151. The first-order valence-corrected chi connectivity index (χ1v) is 9.40. The standard InChI is InChI=1S/C22H25FN2O4/c1-15(2)20(25-21(27)17-6-4-3-5-7-17)22(28)29-14-19(26)24-13-12-16-8-10-18(23)11-9-16/h3-11,15,20H,12-14H2,1-2H3,(H,24,26)(H,25,27)/t20-/m1/s1. The molecule has 0 fully saturated rings. The molecule has 6 nitrogen and oxygen atoms in total. The van der Waals surface area contributed by atoms with Gasteiger partial charge < -0.3 is 15.4 Å². The van der Waals surface area contributed by atoms with Crippen molar-refractivity contribution in [3.05, 3.63) is 71.5 Å². The summed E-state index contributed by atoms with van der Waals surface area (Å²) >= 11 is 0. The van der Waals surface area contributed by atoms with E-state index in [0.717, 1.165) is 5.56 Å². The Morgan fingerprint density at radius 1 is 1.00 bits per heavy atom. The fourth-order valence-electron chi connectivity index (χ4n) is 2.59. The number of hydrogen-bond acceptors (Lipinski definition) is 4. The molecule has 0 spiro atoms. The van der Waals surface area contributed by atoms with Gasteiger partial charge in [0, 0.05) is 12.1 Å². The normalized spacial score (nSPS) is 11.6. The predicted octanol–water partition coefficient (Wildman–Crippen LogP) is 2.48. The van der Waals surface area contributed by atoms with Gasteiger partial charge in [-0.2, -0.15) is 0 Å². The minimum Gasteiger partial charge on any atom is -0.454 e. The highest BCUT2D eigenvalue weighted by atomic mass is 19.1. The maximum atomic E-state index is 12.9.